The highest BCUT2D eigenvalue weighted by atomic mass is 19.4. The molecule has 132 valence electrons. The lowest BCUT2D eigenvalue weighted by atomic mass is 9.96. The summed E-state index contributed by atoms with van der Waals surface area (Å²) in [5.74, 6) is -0.540. The van der Waals surface area contributed by atoms with E-state index in [2.05, 4.69) is 5.32 Å². The molecule has 1 heterocycles. The normalized spacial score (nSPS) is 19.2. The van der Waals surface area contributed by atoms with Crippen LogP contribution in [0.15, 0.2) is 24.3 Å². The van der Waals surface area contributed by atoms with Gasteiger partial charge in [0.05, 0.1) is 5.56 Å². The van der Waals surface area contributed by atoms with Crippen molar-refractivity contribution >= 4 is 11.8 Å². The molecule has 0 aromatic heterocycles. The number of alkyl halides is 3. The van der Waals surface area contributed by atoms with E-state index in [4.69, 9.17) is 0 Å². The maximum atomic E-state index is 12.6. The number of nitrogens with zero attached hydrogens (tertiary/aromatic N) is 1. The fraction of sp³-hybridized carbons (Fsp3) is 0.529. The van der Waals surface area contributed by atoms with Crippen molar-refractivity contribution in [3.8, 4) is 0 Å². The van der Waals surface area contributed by atoms with E-state index in [1.54, 1.807) is 11.8 Å². The van der Waals surface area contributed by atoms with E-state index in [0.717, 1.165) is 18.6 Å². The van der Waals surface area contributed by atoms with Crippen molar-refractivity contribution in [3.05, 3.63) is 35.4 Å². The van der Waals surface area contributed by atoms with Crippen LogP contribution in [0.3, 0.4) is 0 Å². The van der Waals surface area contributed by atoms with Crippen LogP contribution in [0.25, 0.3) is 0 Å². The second kappa shape index (κ2) is 7.23. The average Bonchev–Trinajstić information content (AvgIpc) is 3.03. The first-order valence-electron chi connectivity index (χ1n) is 7.92. The van der Waals surface area contributed by atoms with Crippen LogP contribution in [0.5, 0.6) is 0 Å². The van der Waals surface area contributed by atoms with Crippen molar-refractivity contribution in [3.63, 3.8) is 0 Å². The third kappa shape index (κ3) is 4.07. The minimum absolute atomic E-state index is 0.145. The molecule has 0 spiro atoms. The maximum absolute atomic E-state index is 12.6. The first kappa shape index (κ1) is 18.3. The number of benzene rings is 1. The number of carbonyl (C=O) groups is 2. The Bertz CT molecular complexity index is 599. The number of nitrogens with one attached hydrogen (secondary N) is 1. The summed E-state index contributed by atoms with van der Waals surface area (Å²) in [7, 11) is 1.54. The van der Waals surface area contributed by atoms with Crippen molar-refractivity contribution in [2.75, 3.05) is 13.6 Å². The molecule has 0 bridgehead atoms. The lowest BCUT2D eigenvalue weighted by molar-refractivity contribution is -0.138. The number of rotatable bonds is 4. The minimum Gasteiger partial charge on any atom is -0.357 e. The zero-order valence-electron chi connectivity index (χ0n) is 13.7. The molecule has 1 aromatic rings. The summed E-state index contributed by atoms with van der Waals surface area (Å²) < 4.78 is 37.8. The van der Waals surface area contributed by atoms with Gasteiger partial charge in [-0.3, -0.25) is 9.59 Å². The second-order valence-electron chi connectivity index (χ2n) is 6.08. The largest absolute Gasteiger partial charge is 0.416 e. The molecule has 0 saturated carbocycles. The first-order valence-corrected chi connectivity index (χ1v) is 7.92. The van der Waals surface area contributed by atoms with Gasteiger partial charge in [-0.2, -0.15) is 13.2 Å². The highest BCUT2D eigenvalue weighted by molar-refractivity contribution is 5.88. The van der Waals surface area contributed by atoms with E-state index in [1.807, 2.05) is 0 Å². The zero-order valence-corrected chi connectivity index (χ0v) is 13.7. The van der Waals surface area contributed by atoms with Crippen molar-refractivity contribution in [1.82, 2.24) is 10.2 Å². The standard InChI is InChI=1S/C17H21F3N2O2/c1-11(12-5-7-13(8-6-12)17(18,19)20)10-15(23)22-9-3-4-14(22)16(24)21-2/h5-8,11,14H,3-4,9-10H2,1-2H3,(H,21,24)/t11-,14-/m0/s1. The number of carbonyl (C=O) groups excluding carboxylic acids is 2. The predicted octanol–water partition coefficient (Wildman–Crippen LogP) is 2.94. The summed E-state index contributed by atoms with van der Waals surface area (Å²) in [4.78, 5) is 25.8. The van der Waals surface area contributed by atoms with Gasteiger partial charge < -0.3 is 10.2 Å². The van der Waals surface area contributed by atoms with Crippen molar-refractivity contribution in [2.24, 2.45) is 0 Å². The number of likely N-dealkylation sites (N-methyl/N-ethyl adjacent to an activating group) is 1. The van der Waals surface area contributed by atoms with E-state index in [0.29, 0.717) is 18.5 Å². The van der Waals surface area contributed by atoms with Crippen LogP contribution < -0.4 is 5.32 Å². The van der Waals surface area contributed by atoms with E-state index >= 15 is 0 Å². The number of halogens is 3. The van der Waals surface area contributed by atoms with Crippen LogP contribution in [-0.2, 0) is 15.8 Å². The maximum Gasteiger partial charge on any atom is 0.416 e. The Morgan fingerprint density at radius 2 is 1.92 bits per heavy atom. The average molecular weight is 342 g/mol. The van der Waals surface area contributed by atoms with Gasteiger partial charge in [0, 0.05) is 20.0 Å². The van der Waals surface area contributed by atoms with E-state index in [1.165, 1.54) is 19.2 Å². The van der Waals surface area contributed by atoms with Gasteiger partial charge in [0.25, 0.3) is 0 Å². The molecular formula is C17H21F3N2O2. The zero-order chi connectivity index (χ0) is 17.9. The van der Waals surface area contributed by atoms with Crippen LogP contribution in [0.4, 0.5) is 13.2 Å². The highest BCUT2D eigenvalue weighted by Crippen LogP contribution is 2.31. The number of amides is 2. The third-order valence-corrected chi connectivity index (χ3v) is 4.41. The van der Waals surface area contributed by atoms with Gasteiger partial charge in [0.2, 0.25) is 11.8 Å². The summed E-state index contributed by atoms with van der Waals surface area (Å²) in [5.41, 5.74) is -0.0314. The Morgan fingerprint density at radius 3 is 2.46 bits per heavy atom. The van der Waals surface area contributed by atoms with Gasteiger partial charge in [0.15, 0.2) is 0 Å². The monoisotopic (exact) mass is 342 g/mol. The fourth-order valence-corrected chi connectivity index (χ4v) is 3.00. The molecule has 24 heavy (non-hydrogen) atoms. The number of hydrogen-bond acceptors (Lipinski definition) is 2. The summed E-state index contributed by atoms with van der Waals surface area (Å²) in [6.07, 6.45) is -2.79. The van der Waals surface area contributed by atoms with E-state index in [9.17, 15) is 22.8 Å². The molecule has 1 aromatic carbocycles. The fourth-order valence-electron chi connectivity index (χ4n) is 3.00. The van der Waals surface area contributed by atoms with E-state index < -0.39 is 17.8 Å². The van der Waals surface area contributed by atoms with Crippen LogP contribution in [0.2, 0.25) is 0 Å². The lowest BCUT2D eigenvalue weighted by Crippen LogP contribution is -2.45. The first-order chi connectivity index (χ1) is 11.2. The van der Waals surface area contributed by atoms with Gasteiger partial charge in [0.1, 0.15) is 6.04 Å². The molecule has 2 rings (SSSR count). The predicted molar refractivity (Wildman–Crippen MR) is 83.3 cm³/mol. The summed E-state index contributed by atoms with van der Waals surface area (Å²) in [5, 5.41) is 2.56. The number of likely N-dealkylation sites (tertiary alicyclic amines) is 1. The highest BCUT2D eigenvalue weighted by Gasteiger charge is 2.34. The van der Waals surface area contributed by atoms with Crippen LogP contribution in [0.1, 0.15) is 43.2 Å². The Hall–Kier alpha value is -2.05. The third-order valence-electron chi connectivity index (χ3n) is 4.41. The van der Waals surface area contributed by atoms with Gasteiger partial charge >= 0.3 is 6.18 Å². The van der Waals surface area contributed by atoms with Crippen LogP contribution >= 0.6 is 0 Å². The molecule has 2 amide bonds. The summed E-state index contributed by atoms with van der Waals surface area (Å²) in [6.45, 7) is 2.34. The summed E-state index contributed by atoms with van der Waals surface area (Å²) in [6, 6.07) is 4.42. The molecule has 2 atom stereocenters. The SMILES string of the molecule is CNC(=O)[C@@H]1CCCN1C(=O)C[C@H](C)c1ccc(C(F)(F)F)cc1. The quantitative estimate of drug-likeness (QED) is 0.915. The Balaban J connectivity index is 2.02. The second-order valence-corrected chi connectivity index (χ2v) is 6.08. The van der Waals surface area contributed by atoms with E-state index in [-0.39, 0.29) is 24.2 Å². The van der Waals surface area contributed by atoms with Crippen LogP contribution in [-0.4, -0.2) is 36.3 Å². The van der Waals surface area contributed by atoms with Gasteiger partial charge in [-0.05, 0) is 36.5 Å². The molecule has 4 nitrogen and oxygen atoms in total. The van der Waals surface area contributed by atoms with Crippen molar-refractivity contribution in [2.45, 2.75) is 44.3 Å². The molecule has 0 unspecified atom stereocenters. The van der Waals surface area contributed by atoms with Gasteiger partial charge in [-0.15, -0.1) is 0 Å². The molecule has 0 aliphatic carbocycles. The molecular weight excluding hydrogens is 321 g/mol. The minimum atomic E-state index is -4.37. The summed E-state index contributed by atoms with van der Waals surface area (Å²) >= 11 is 0. The lowest BCUT2D eigenvalue weighted by Gasteiger charge is -2.25. The molecule has 1 saturated heterocycles. The molecule has 1 fully saturated rings. The molecule has 1 aliphatic heterocycles. The number of hydrogen-bond donors (Lipinski definition) is 1. The molecule has 1 N–H and O–H groups in total. The van der Waals surface area contributed by atoms with Gasteiger partial charge in [-0.25, -0.2) is 0 Å². The topological polar surface area (TPSA) is 49.4 Å². The van der Waals surface area contributed by atoms with Crippen molar-refractivity contribution < 1.29 is 22.8 Å². The molecule has 0 radical (unpaired) electrons. The Morgan fingerprint density at radius 1 is 1.29 bits per heavy atom. The molecule has 7 heteroatoms. The molecule has 1 aliphatic rings. The van der Waals surface area contributed by atoms with Crippen LogP contribution in [0, 0.1) is 0 Å². The Labute approximate surface area is 139 Å². The smallest absolute Gasteiger partial charge is 0.357 e. The van der Waals surface area contributed by atoms with Gasteiger partial charge in [-0.1, -0.05) is 19.1 Å². The Kier molecular flexibility index (Phi) is 5.51. The van der Waals surface area contributed by atoms with Crippen molar-refractivity contribution in [1.29, 1.82) is 0 Å².